The molecule has 8 N–H and O–H groups in total. The first-order chi connectivity index (χ1) is 22.4. The number of nitrogens with two attached hydrogens (primary N) is 3. The zero-order valence-electron chi connectivity index (χ0n) is 28.6. The average Bonchev–Trinajstić information content (AvgIpc) is 3.72. The fourth-order valence-corrected chi connectivity index (χ4v) is 8.51. The molecule has 3 aromatic rings. The number of thiazole rings is 3. The Morgan fingerprint density at radius 3 is 1.98 bits per heavy atom. The van der Waals surface area contributed by atoms with Crippen molar-refractivity contribution in [3.8, 4) is 0 Å². The number of nitrogens with zero attached hydrogens (tertiary/aromatic N) is 3. The zero-order valence-corrected chi connectivity index (χ0v) is 31.1. The maximum absolute atomic E-state index is 14.1. The Kier molecular flexibility index (Phi) is 15.4. The molecule has 11 nitrogen and oxygen atoms in total. The van der Waals surface area contributed by atoms with Gasteiger partial charge in [0.1, 0.15) is 14.6 Å². The van der Waals surface area contributed by atoms with E-state index in [2.05, 4.69) is 38.3 Å². The molecule has 3 rings (SSSR count). The van der Waals surface area contributed by atoms with Gasteiger partial charge in [-0.15, -0.1) is 34.0 Å². The Balaban J connectivity index is 1.95. The Morgan fingerprint density at radius 1 is 0.745 bits per heavy atom. The first-order valence-electron chi connectivity index (χ1n) is 16.6. The largest absolute Gasteiger partial charge is 0.365 e. The molecule has 0 unspecified atom stereocenters. The van der Waals surface area contributed by atoms with Crippen molar-refractivity contribution in [3.63, 3.8) is 0 Å². The van der Waals surface area contributed by atoms with E-state index in [0.717, 1.165) is 47.8 Å². The topological polar surface area (TPSA) is 192 Å². The van der Waals surface area contributed by atoms with E-state index in [1.165, 1.54) is 34.0 Å². The summed E-state index contributed by atoms with van der Waals surface area (Å²) in [4.78, 5) is 56.1. The highest BCUT2D eigenvalue weighted by atomic mass is 32.1. The summed E-state index contributed by atoms with van der Waals surface area (Å²) in [5.41, 5.74) is 19.1. The Labute approximate surface area is 290 Å². The van der Waals surface area contributed by atoms with Crippen molar-refractivity contribution in [2.75, 3.05) is 13.1 Å². The van der Waals surface area contributed by atoms with Crippen LogP contribution in [-0.2, 0) is 19.3 Å². The van der Waals surface area contributed by atoms with Crippen molar-refractivity contribution in [2.24, 2.45) is 29.0 Å². The molecule has 0 radical (unpaired) electrons. The van der Waals surface area contributed by atoms with Crippen molar-refractivity contribution < 1.29 is 14.4 Å². The van der Waals surface area contributed by atoms with Crippen LogP contribution < -0.4 is 27.8 Å². The molecular weight excluding hydrogens is 653 g/mol. The van der Waals surface area contributed by atoms with Crippen LogP contribution >= 0.6 is 34.0 Å². The summed E-state index contributed by atoms with van der Waals surface area (Å²) in [5.74, 6) is -0.475. The number of primary amides is 1. The van der Waals surface area contributed by atoms with E-state index in [1.807, 2.05) is 13.8 Å². The summed E-state index contributed by atoms with van der Waals surface area (Å²) in [5, 5.41) is 8.82. The van der Waals surface area contributed by atoms with Crippen molar-refractivity contribution in [3.05, 3.63) is 46.7 Å². The SMILES string of the molecule is CCc1nc(CC(C)C)sc1C(=O)N[C@@H](CCCCN)c1nc(C)sc1C(=O)N[C@@H](CC(C)C)c1nc(CCCCN)sc1C(N)=O. The van der Waals surface area contributed by atoms with Crippen LogP contribution in [0.5, 0.6) is 0 Å². The molecule has 14 heteroatoms. The summed E-state index contributed by atoms with van der Waals surface area (Å²) in [6.07, 6.45) is 6.51. The Morgan fingerprint density at radius 2 is 1.36 bits per heavy atom. The van der Waals surface area contributed by atoms with Gasteiger partial charge in [0.25, 0.3) is 17.7 Å². The molecule has 3 heterocycles. The van der Waals surface area contributed by atoms with Gasteiger partial charge in [0.15, 0.2) is 0 Å². The summed E-state index contributed by atoms with van der Waals surface area (Å²) in [7, 11) is 0. The summed E-state index contributed by atoms with van der Waals surface area (Å²) < 4.78 is 0. The number of rotatable bonds is 20. The minimum absolute atomic E-state index is 0.196. The second kappa shape index (κ2) is 18.7. The maximum Gasteiger partial charge on any atom is 0.263 e. The Hall–Kier alpha value is -2.78. The van der Waals surface area contributed by atoms with E-state index < -0.39 is 18.0 Å². The molecule has 3 aromatic heterocycles. The molecule has 0 aliphatic heterocycles. The standard InChI is InChI=1S/C33H52N8O3S3/c1-7-21-28(47-25(38-21)17-19(4)5)32(43)39-22(12-8-10-14-34)26-30(45-20(6)37-26)33(44)40-23(16-18(2)3)27-29(31(36)42)46-24(41-27)13-9-11-15-35/h18-19,22-23H,7-17,34-35H2,1-6H3,(H2,36,42)(H,39,43)(H,40,44)/t22-,23-/m0/s1. The lowest BCUT2D eigenvalue weighted by molar-refractivity contribution is 0.0914. The predicted molar refractivity (Wildman–Crippen MR) is 192 cm³/mol. The van der Waals surface area contributed by atoms with Gasteiger partial charge >= 0.3 is 0 Å². The molecular formula is C33H52N8O3S3. The first-order valence-corrected chi connectivity index (χ1v) is 19.1. The molecule has 3 amide bonds. The zero-order chi connectivity index (χ0) is 34.7. The van der Waals surface area contributed by atoms with Crippen LogP contribution in [0.3, 0.4) is 0 Å². The molecule has 0 spiro atoms. The van der Waals surface area contributed by atoms with Crippen LogP contribution in [0.25, 0.3) is 0 Å². The van der Waals surface area contributed by atoms with Crippen LogP contribution in [0.1, 0.15) is 146 Å². The third kappa shape index (κ3) is 11.1. The minimum atomic E-state index is -0.561. The molecule has 0 fully saturated rings. The van der Waals surface area contributed by atoms with E-state index in [0.29, 0.717) is 75.7 Å². The molecule has 0 aliphatic rings. The average molecular weight is 705 g/mol. The van der Waals surface area contributed by atoms with Crippen molar-refractivity contribution >= 4 is 51.7 Å². The molecule has 260 valence electrons. The van der Waals surface area contributed by atoms with Gasteiger partial charge in [-0.25, -0.2) is 15.0 Å². The highest BCUT2D eigenvalue weighted by Crippen LogP contribution is 2.32. The van der Waals surface area contributed by atoms with Gasteiger partial charge in [-0.05, 0) is 83.2 Å². The van der Waals surface area contributed by atoms with Crippen molar-refractivity contribution in [1.29, 1.82) is 0 Å². The van der Waals surface area contributed by atoms with Gasteiger partial charge in [-0.2, -0.15) is 0 Å². The number of aromatic nitrogens is 3. The van der Waals surface area contributed by atoms with Gasteiger partial charge in [-0.1, -0.05) is 34.6 Å². The maximum atomic E-state index is 14.1. The van der Waals surface area contributed by atoms with E-state index >= 15 is 0 Å². The molecule has 0 saturated heterocycles. The number of hydrogen-bond donors (Lipinski definition) is 5. The minimum Gasteiger partial charge on any atom is -0.365 e. The number of nitrogens with one attached hydrogen (secondary N) is 2. The fraction of sp³-hybridized carbons (Fsp3) is 0.636. The van der Waals surface area contributed by atoms with Gasteiger partial charge < -0.3 is 27.8 Å². The highest BCUT2D eigenvalue weighted by molar-refractivity contribution is 7.14. The number of hydrogen-bond acceptors (Lipinski definition) is 11. The van der Waals surface area contributed by atoms with Crippen molar-refractivity contribution in [2.45, 2.75) is 111 Å². The fourth-order valence-electron chi connectivity index (χ4n) is 5.34. The molecule has 0 bridgehead atoms. The predicted octanol–water partition coefficient (Wildman–Crippen LogP) is 5.62. The second-order valence-electron chi connectivity index (χ2n) is 12.7. The number of amides is 3. The van der Waals surface area contributed by atoms with Crippen LogP contribution in [-0.4, -0.2) is 45.8 Å². The van der Waals surface area contributed by atoms with Gasteiger partial charge in [0.2, 0.25) is 0 Å². The lowest BCUT2D eigenvalue weighted by Gasteiger charge is -2.21. The van der Waals surface area contributed by atoms with E-state index in [1.54, 1.807) is 0 Å². The van der Waals surface area contributed by atoms with E-state index in [-0.39, 0.29) is 17.7 Å². The van der Waals surface area contributed by atoms with E-state index in [9.17, 15) is 14.4 Å². The van der Waals surface area contributed by atoms with Gasteiger partial charge in [0, 0.05) is 6.42 Å². The van der Waals surface area contributed by atoms with Gasteiger partial charge in [-0.3, -0.25) is 14.4 Å². The van der Waals surface area contributed by atoms with E-state index in [4.69, 9.17) is 32.2 Å². The third-order valence-electron chi connectivity index (χ3n) is 7.52. The molecule has 0 aromatic carbocycles. The third-order valence-corrected chi connectivity index (χ3v) is 10.8. The quantitative estimate of drug-likeness (QED) is 0.0936. The summed E-state index contributed by atoms with van der Waals surface area (Å²) in [6, 6.07) is -1.04. The lowest BCUT2D eigenvalue weighted by Crippen LogP contribution is -2.34. The normalized spacial score (nSPS) is 12.9. The van der Waals surface area contributed by atoms with Crippen LogP contribution in [0.4, 0.5) is 0 Å². The van der Waals surface area contributed by atoms with Crippen LogP contribution in [0.2, 0.25) is 0 Å². The number of carbonyl (C=O) groups excluding carboxylic acids is 3. The monoisotopic (exact) mass is 704 g/mol. The molecule has 2 atom stereocenters. The summed E-state index contributed by atoms with van der Waals surface area (Å²) >= 11 is 4.00. The molecule has 0 aliphatic carbocycles. The van der Waals surface area contributed by atoms with Crippen molar-refractivity contribution in [1.82, 2.24) is 25.6 Å². The highest BCUT2D eigenvalue weighted by Gasteiger charge is 2.31. The Bertz CT molecular complexity index is 1480. The van der Waals surface area contributed by atoms with Crippen LogP contribution in [0.15, 0.2) is 0 Å². The van der Waals surface area contributed by atoms with Gasteiger partial charge in [0.05, 0.1) is 44.2 Å². The molecule has 0 saturated carbocycles. The molecule has 47 heavy (non-hydrogen) atoms. The smallest absolute Gasteiger partial charge is 0.263 e. The lowest BCUT2D eigenvalue weighted by atomic mass is 9.99. The number of unbranched alkanes of at least 4 members (excludes halogenated alkanes) is 2. The summed E-state index contributed by atoms with van der Waals surface area (Å²) in [6.45, 7) is 13.3. The number of aryl methyl sites for hydroxylation is 3. The van der Waals surface area contributed by atoms with Crippen LogP contribution in [0, 0.1) is 18.8 Å². The second-order valence-corrected chi connectivity index (χ2v) is 16.1. The number of carbonyl (C=O) groups is 3. The first kappa shape index (κ1) is 38.7.